The average Bonchev–Trinajstić information content (AvgIpc) is 2.05. The van der Waals surface area contributed by atoms with Crippen LogP contribution in [0.15, 0.2) is 0 Å². The summed E-state index contributed by atoms with van der Waals surface area (Å²) < 4.78 is 0. The van der Waals surface area contributed by atoms with Crippen LogP contribution in [-0.4, -0.2) is 21.9 Å². The Morgan fingerprint density at radius 3 is 1.54 bits per heavy atom. The normalized spacial score (nSPS) is 13.4. The maximum atomic E-state index is 10.1. The third-order valence-corrected chi connectivity index (χ3v) is 1.25. The van der Waals surface area contributed by atoms with E-state index in [4.69, 9.17) is 10.5 Å². The van der Waals surface area contributed by atoms with Crippen LogP contribution in [0.25, 0.3) is 0 Å². The summed E-state index contributed by atoms with van der Waals surface area (Å²) in [6.07, 6.45) is -0.688. The minimum absolute atomic E-state index is 0.688. The molecule has 2 atom stereocenters. The van der Waals surface area contributed by atoms with Crippen LogP contribution >= 0.6 is 0 Å². The highest BCUT2D eigenvalue weighted by Gasteiger charge is 2.31. The first-order valence-electron chi connectivity index (χ1n) is 3.09. The minimum atomic E-state index is -1.70. The second-order valence-corrected chi connectivity index (χ2v) is 2.10. The SMILES string of the molecule is N#CC(CC(C#N)[N+](=O)[O-])[N+](=O)[O-]. The molecule has 8 heteroatoms. The molecule has 13 heavy (non-hydrogen) atoms. The zero-order valence-electron chi connectivity index (χ0n) is 6.28. The summed E-state index contributed by atoms with van der Waals surface area (Å²) in [5.74, 6) is 0. The van der Waals surface area contributed by atoms with E-state index in [9.17, 15) is 20.2 Å². The molecule has 0 aromatic carbocycles. The second kappa shape index (κ2) is 4.62. The van der Waals surface area contributed by atoms with Crippen molar-refractivity contribution in [3.8, 4) is 12.1 Å². The fourth-order valence-electron chi connectivity index (χ4n) is 0.583. The van der Waals surface area contributed by atoms with Crippen LogP contribution in [0.3, 0.4) is 0 Å². The molecule has 0 saturated heterocycles. The van der Waals surface area contributed by atoms with Crippen LogP contribution < -0.4 is 0 Å². The van der Waals surface area contributed by atoms with Crippen molar-refractivity contribution in [2.75, 3.05) is 0 Å². The van der Waals surface area contributed by atoms with E-state index in [0.717, 1.165) is 0 Å². The largest absolute Gasteiger partial charge is 0.304 e. The summed E-state index contributed by atoms with van der Waals surface area (Å²) in [6.45, 7) is 0. The quantitative estimate of drug-likeness (QED) is 0.435. The molecule has 0 radical (unpaired) electrons. The predicted molar refractivity (Wildman–Crippen MR) is 37.4 cm³/mol. The van der Waals surface area contributed by atoms with Gasteiger partial charge in [0.1, 0.15) is 18.6 Å². The smallest absolute Gasteiger partial charge is 0.263 e. The number of rotatable bonds is 4. The fraction of sp³-hybridized carbons (Fsp3) is 0.600. The van der Waals surface area contributed by atoms with Crippen LogP contribution in [0, 0.1) is 42.9 Å². The summed E-state index contributed by atoms with van der Waals surface area (Å²) in [5, 5.41) is 36.5. The first-order chi connectivity index (χ1) is 6.02. The van der Waals surface area contributed by atoms with Gasteiger partial charge in [0, 0.05) is 9.85 Å². The van der Waals surface area contributed by atoms with E-state index < -0.39 is 28.4 Å². The lowest BCUT2D eigenvalue weighted by Crippen LogP contribution is -2.28. The van der Waals surface area contributed by atoms with Crippen molar-refractivity contribution in [1.29, 1.82) is 10.5 Å². The minimum Gasteiger partial charge on any atom is -0.263 e. The van der Waals surface area contributed by atoms with Gasteiger partial charge in [0.2, 0.25) is 0 Å². The Balaban J connectivity index is 4.42. The maximum absolute atomic E-state index is 10.1. The van der Waals surface area contributed by atoms with Gasteiger partial charge in [-0.1, -0.05) is 0 Å². The van der Waals surface area contributed by atoms with Gasteiger partial charge in [-0.2, -0.15) is 10.5 Å². The molecule has 0 fully saturated rings. The Kier molecular flexibility index (Phi) is 3.83. The summed E-state index contributed by atoms with van der Waals surface area (Å²) in [5.41, 5.74) is 0. The van der Waals surface area contributed by atoms with E-state index in [1.807, 2.05) is 0 Å². The summed E-state index contributed by atoms with van der Waals surface area (Å²) in [7, 11) is 0. The molecule has 0 aliphatic heterocycles. The lowest BCUT2D eigenvalue weighted by molar-refractivity contribution is -0.542. The first kappa shape index (κ1) is 10.8. The van der Waals surface area contributed by atoms with Crippen molar-refractivity contribution in [1.82, 2.24) is 0 Å². The summed E-state index contributed by atoms with van der Waals surface area (Å²) in [6, 6.07) is -0.865. The van der Waals surface area contributed by atoms with Crippen molar-refractivity contribution in [2.45, 2.75) is 18.5 Å². The predicted octanol–water partition coefficient (Wildman–Crippen LogP) is -0.286. The van der Waals surface area contributed by atoms with Crippen molar-refractivity contribution in [3.05, 3.63) is 20.2 Å². The van der Waals surface area contributed by atoms with Gasteiger partial charge in [0.05, 0.1) is 0 Å². The molecule has 0 bridgehead atoms. The standard InChI is InChI=1S/C5H4N4O4/c6-2-4(8(10)11)1-5(3-7)9(12)13/h4-5H,1H2. The molecule has 0 aromatic rings. The number of nitriles is 2. The molecule has 8 nitrogen and oxygen atoms in total. The lowest BCUT2D eigenvalue weighted by Gasteiger charge is -2.00. The number of nitro groups is 2. The molecule has 2 unspecified atom stereocenters. The van der Waals surface area contributed by atoms with Gasteiger partial charge < -0.3 is 0 Å². The van der Waals surface area contributed by atoms with Gasteiger partial charge in [-0.25, -0.2) is 0 Å². The van der Waals surface area contributed by atoms with E-state index in [2.05, 4.69) is 0 Å². The van der Waals surface area contributed by atoms with Crippen LogP contribution in [0.1, 0.15) is 6.42 Å². The van der Waals surface area contributed by atoms with E-state index >= 15 is 0 Å². The molecular formula is C5H4N4O4. The van der Waals surface area contributed by atoms with E-state index in [0.29, 0.717) is 0 Å². The number of nitrogens with zero attached hydrogens (tertiary/aromatic N) is 4. The molecule has 68 valence electrons. The van der Waals surface area contributed by atoms with Crippen molar-refractivity contribution < 1.29 is 9.85 Å². The number of hydrogen-bond acceptors (Lipinski definition) is 6. The topological polar surface area (TPSA) is 134 Å². The molecule has 0 spiro atoms. The third kappa shape index (κ3) is 3.12. The van der Waals surface area contributed by atoms with Gasteiger partial charge in [-0.05, 0) is 0 Å². The van der Waals surface area contributed by atoms with E-state index in [1.54, 1.807) is 0 Å². The molecule has 0 aliphatic carbocycles. The monoisotopic (exact) mass is 184 g/mol. The molecule has 0 N–H and O–H groups in total. The highest BCUT2D eigenvalue weighted by Crippen LogP contribution is 2.03. The Bertz CT molecular complexity index is 271. The number of hydrogen-bond donors (Lipinski definition) is 0. The summed E-state index contributed by atoms with van der Waals surface area (Å²) in [4.78, 5) is 18.2. The van der Waals surface area contributed by atoms with Crippen molar-refractivity contribution in [3.63, 3.8) is 0 Å². The average molecular weight is 184 g/mol. The molecule has 0 aromatic heterocycles. The van der Waals surface area contributed by atoms with Gasteiger partial charge in [-0.3, -0.25) is 20.2 Å². The highest BCUT2D eigenvalue weighted by molar-refractivity contribution is 4.92. The Morgan fingerprint density at radius 1 is 1.08 bits per heavy atom. The molecule has 0 rings (SSSR count). The second-order valence-electron chi connectivity index (χ2n) is 2.10. The lowest BCUT2D eigenvalue weighted by atomic mass is 10.1. The van der Waals surface area contributed by atoms with Crippen molar-refractivity contribution in [2.24, 2.45) is 0 Å². The van der Waals surface area contributed by atoms with Gasteiger partial charge in [-0.15, -0.1) is 0 Å². The van der Waals surface area contributed by atoms with Crippen LogP contribution in [-0.2, 0) is 0 Å². The Morgan fingerprint density at radius 2 is 1.38 bits per heavy atom. The Labute approximate surface area is 72.3 Å². The van der Waals surface area contributed by atoms with E-state index in [1.165, 1.54) is 12.1 Å². The maximum Gasteiger partial charge on any atom is 0.304 e. The zero-order valence-corrected chi connectivity index (χ0v) is 6.28. The van der Waals surface area contributed by atoms with Gasteiger partial charge in [0.25, 0.3) is 0 Å². The van der Waals surface area contributed by atoms with E-state index in [-0.39, 0.29) is 0 Å². The molecule has 0 aliphatic rings. The molecule has 0 amide bonds. The fourth-order valence-corrected chi connectivity index (χ4v) is 0.583. The summed E-state index contributed by atoms with van der Waals surface area (Å²) >= 11 is 0. The van der Waals surface area contributed by atoms with Gasteiger partial charge in [0.15, 0.2) is 0 Å². The molecular weight excluding hydrogens is 180 g/mol. The highest BCUT2D eigenvalue weighted by atomic mass is 16.6. The van der Waals surface area contributed by atoms with Crippen LogP contribution in [0.4, 0.5) is 0 Å². The van der Waals surface area contributed by atoms with Gasteiger partial charge >= 0.3 is 12.1 Å². The van der Waals surface area contributed by atoms with Crippen molar-refractivity contribution >= 4 is 0 Å². The van der Waals surface area contributed by atoms with Crippen LogP contribution in [0.2, 0.25) is 0 Å². The van der Waals surface area contributed by atoms with Crippen LogP contribution in [0.5, 0.6) is 0 Å². The third-order valence-electron chi connectivity index (χ3n) is 1.25. The Hall–Kier alpha value is -2.22. The first-order valence-corrected chi connectivity index (χ1v) is 3.09. The molecule has 0 saturated carbocycles. The molecule has 0 heterocycles. The zero-order chi connectivity index (χ0) is 10.4.